The number of alkyl halides is 1. The summed E-state index contributed by atoms with van der Waals surface area (Å²) in [6.07, 6.45) is 0.793. The quantitative estimate of drug-likeness (QED) is 0.460. The lowest BCUT2D eigenvalue weighted by atomic mass is 10.1. The third-order valence-electron chi connectivity index (χ3n) is 1.27. The summed E-state index contributed by atoms with van der Waals surface area (Å²) < 4.78 is 4.81. The maximum Gasteiger partial charge on any atom is 0.180 e. The lowest BCUT2D eigenvalue weighted by molar-refractivity contribution is 0.387. The number of methoxy groups -OCH3 is 1. The van der Waals surface area contributed by atoms with E-state index in [9.17, 15) is 0 Å². The molecule has 0 saturated carbocycles. The highest BCUT2D eigenvalue weighted by Crippen LogP contribution is 2.20. The predicted octanol–water partition coefficient (Wildman–Crippen LogP) is 2.37. The van der Waals surface area contributed by atoms with Crippen LogP contribution in [-0.2, 0) is 4.74 Å². The fourth-order valence-electron chi connectivity index (χ4n) is 0.357. The Kier molecular flexibility index (Phi) is 3.44. The number of hydrogen-bond donors (Lipinski definition) is 0. The lowest BCUT2D eigenvalue weighted by Crippen LogP contribution is -2.27. The second kappa shape index (κ2) is 3.37. The van der Waals surface area contributed by atoms with Gasteiger partial charge in [-0.25, -0.2) is 0 Å². The molecule has 0 aromatic rings. The minimum atomic E-state index is -0.468. The first-order chi connectivity index (χ1) is 4.04. The number of ether oxygens (including phenoxy) is 1. The van der Waals surface area contributed by atoms with Crippen LogP contribution in [0.1, 0.15) is 20.3 Å². The van der Waals surface area contributed by atoms with Crippen LogP contribution in [0.4, 0.5) is 0 Å². The smallest absolute Gasteiger partial charge is 0.180 e. The zero-order valence-corrected chi connectivity index (χ0v) is 7.47. The standard InChI is InChI=1S/C6H11ClOS/c1-4-6(2,7)5(9)8-3/h4H2,1-3H3. The molecule has 0 aliphatic rings. The lowest BCUT2D eigenvalue weighted by Gasteiger charge is -2.18. The van der Waals surface area contributed by atoms with Crippen molar-refractivity contribution in [2.24, 2.45) is 0 Å². The van der Waals surface area contributed by atoms with E-state index in [2.05, 4.69) is 0 Å². The molecule has 0 fully saturated rings. The molecule has 3 heteroatoms. The first kappa shape index (κ1) is 9.18. The average molecular weight is 167 g/mol. The summed E-state index contributed by atoms with van der Waals surface area (Å²) >= 11 is 10.7. The number of thiocarbonyl (C=S) groups is 1. The van der Waals surface area contributed by atoms with E-state index in [-0.39, 0.29) is 0 Å². The van der Waals surface area contributed by atoms with Crippen LogP contribution in [0.25, 0.3) is 0 Å². The van der Waals surface area contributed by atoms with Gasteiger partial charge in [-0.05, 0) is 25.6 Å². The van der Waals surface area contributed by atoms with Gasteiger partial charge in [-0.3, -0.25) is 0 Å². The van der Waals surface area contributed by atoms with Gasteiger partial charge in [-0.2, -0.15) is 0 Å². The van der Waals surface area contributed by atoms with Crippen molar-refractivity contribution in [3.05, 3.63) is 0 Å². The largest absolute Gasteiger partial charge is 0.488 e. The Morgan fingerprint density at radius 3 is 2.33 bits per heavy atom. The van der Waals surface area contributed by atoms with E-state index in [1.807, 2.05) is 13.8 Å². The number of rotatable bonds is 2. The highest BCUT2D eigenvalue weighted by molar-refractivity contribution is 7.80. The first-order valence-electron chi connectivity index (χ1n) is 2.82. The van der Waals surface area contributed by atoms with Crippen molar-refractivity contribution in [3.8, 4) is 0 Å². The molecule has 0 aliphatic heterocycles. The molecular formula is C6H11ClOS. The van der Waals surface area contributed by atoms with E-state index < -0.39 is 4.87 Å². The van der Waals surface area contributed by atoms with Gasteiger partial charge in [0.2, 0.25) is 0 Å². The van der Waals surface area contributed by atoms with Crippen molar-refractivity contribution in [3.63, 3.8) is 0 Å². The highest BCUT2D eigenvalue weighted by Gasteiger charge is 2.24. The third-order valence-corrected chi connectivity index (χ3v) is 2.44. The van der Waals surface area contributed by atoms with Gasteiger partial charge < -0.3 is 4.74 Å². The second-order valence-electron chi connectivity index (χ2n) is 2.04. The minimum absolute atomic E-state index is 0.465. The molecule has 1 unspecified atom stereocenters. The van der Waals surface area contributed by atoms with Crippen molar-refractivity contribution in [2.75, 3.05) is 7.11 Å². The van der Waals surface area contributed by atoms with Gasteiger partial charge in [0.15, 0.2) is 5.05 Å². The van der Waals surface area contributed by atoms with E-state index in [1.165, 1.54) is 0 Å². The molecule has 0 heterocycles. The molecule has 0 radical (unpaired) electrons. The fraction of sp³-hybridized carbons (Fsp3) is 0.833. The Balaban J connectivity index is 3.97. The van der Waals surface area contributed by atoms with Gasteiger partial charge in [-0.1, -0.05) is 6.92 Å². The molecule has 0 N–H and O–H groups in total. The zero-order valence-electron chi connectivity index (χ0n) is 5.90. The summed E-state index contributed by atoms with van der Waals surface area (Å²) in [4.78, 5) is -0.468. The Bertz CT molecular complexity index is 112. The van der Waals surface area contributed by atoms with E-state index >= 15 is 0 Å². The Labute approximate surface area is 66.3 Å². The van der Waals surface area contributed by atoms with Gasteiger partial charge >= 0.3 is 0 Å². The molecule has 1 nitrogen and oxygen atoms in total. The van der Waals surface area contributed by atoms with Crippen LogP contribution in [0, 0.1) is 0 Å². The van der Waals surface area contributed by atoms with E-state index in [1.54, 1.807) is 7.11 Å². The van der Waals surface area contributed by atoms with Crippen LogP contribution in [0.5, 0.6) is 0 Å². The first-order valence-corrected chi connectivity index (χ1v) is 3.60. The van der Waals surface area contributed by atoms with E-state index in [4.69, 9.17) is 28.6 Å². The summed E-state index contributed by atoms with van der Waals surface area (Å²) in [6.45, 7) is 3.82. The van der Waals surface area contributed by atoms with E-state index in [0.29, 0.717) is 5.05 Å². The molecule has 0 aliphatic carbocycles. The summed E-state index contributed by atoms with van der Waals surface area (Å²) in [5, 5.41) is 0.465. The molecule has 54 valence electrons. The maximum atomic E-state index is 5.91. The van der Waals surface area contributed by atoms with Crippen LogP contribution in [0.3, 0.4) is 0 Å². The summed E-state index contributed by atoms with van der Waals surface area (Å²) in [5.41, 5.74) is 0. The average Bonchev–Trinajstić information content (AvgIpc) is 1.86. The van der Waals surface area contributed by atoms with Crippen LogP contribution < -0.4 is 0 Å². The van der Waals surface area contributed by atoms with Crippen molar-refractivity contribution >= 4 is 28.9 Å². The van der Waals surface area contributed by atoms with Crippen LogP contribution in [-0.4, -0.2) is 17.0 Å². The van der Waals surface area contributed by atoms with Crippen LogP contribution in [0.15, 0.2) is 0 Å². The summed E-state index contributed by atoms with van der Waals surface area (Å²) in [6, 6.07) is 0. The molecule has 0 spiro atoms. The summed E-state index contributed by atoms with van der Waals surface area (Å²) in [7, 11) is 1.54. The minimum Gasteiger partial charge on any atom is -0.488 e. The Morgan fingerprint density at radius 1 is 1.78 bits per heavy atom. The Hall–Kier alpha value is 0.180. The second-order valence-corrected chi connectivity index (χ2v) is 3.25. The van der Waals surface area contributed by atoms with Crippen molar-refractivity contribution in [1.82, 2.24) is 0 Å². The molecule has 0 aromatic heterocycles. The number of halogens is 1. The van der Waals surface area contributed by atoms with Gasteiger partial charge in [0, 0.05) is 0 Å². The molecule has 0 amide bonds. The Morgan fingerprint density at radius 2 is 2.22 bits per heavy atom. The molecule has 1 atom stereocenters. The van der Waals surface area contributed by atoms with Crippen molar-refractivity contribution in [2.45, 2.75) is 25.1 Å². The van der Waals surface area contributed by atoms with E-state index in [0.717, 1.165) is 6.42 Å². The molecular weight excluding hydrogens is 156 g/mol. The molecule has 0 rings (SSSR count). The predicted molar refractivity (Wildman–Crippen MR) is 44.2 cm³/mol. The van der Waals surface area contributed by atoms with Crippen LogP contribution >= 0.6 is 23.8 Å². The van der Waals surface area contributed by atoms with Gasteiger partial charge in [0.25, 0.3) is 0 Å². The van der Waals surface area contributed by atoms with Gasteiger partial charge in [-0.15, -0.1) is 11.6 Å². The monoisotopic (exact) mass is 166 g/mol. The van der Waals surface area contributed by atoms with Crippen molar-refractivity contribution < 1.29 is 4.74 Å². The number of hydrogen-bond acceptors (Lipinski definition) is 2. The van der Waals surface area contributed by atoms with Gasteiger partial charge in [0.1, 0.15) is 4.87 Å². The molecule has 9 heavy (non-hydrogen) atoms. The molecule has 0 bridgehead atoms. The zero-order chi connectivity index (χ0) is 7.49. The van der Waals surface area contributed by atoms with Crippen LogP contribution in [0.2, 0.25) is 0 Å². The van der Waals surface area contributed by atoms with Crippen molar-refractivity contribution in [1.29, 1.82) is 0 Å². The highest BCUT2D eigenvalue weighted by atomic mass is 35.5. The van der Waals surface area contributed by atoms with Gasteiger partial charge in [0.05, 0.1) is 7.11 Å². The molecule has 0 aromatic carbocycles. The topological polar surface area (TPSA) is 9.23 Å². The SMILES string of the molecule is CCC(C)(Cl)C(=S)OC. The normalized spacial score (nSPS) is 16.4. The third kappa shape index (κ3) is 2.50. The molecule has 0 saturated heterocycles. The summed E-state index contributed by atoms with van der Waals surface area (Å²) in [5.74, 6) is 0. The fourth-order valence-corrected chi connectivity index (χ4v) is 0.579. The maximum absolute atomic E-state index is 5.91.